The number of hydrogen-bond acceptors (Lipinski definition) is 4. The topological polar surface area (TPSA) is 53.6 Å². The van der Waals surface area contributed by atoms with Crippen molar-refractivity contribution in [1.29, 1.82) is 0 Å². The summed E-state index contributed by atoms with van der Waals surface area (Å²) < 4.78 is 5.53. The lowest BCUT2D eigenvalue weighted by molar-refractivity contribution is 0.0220. The third-order valence-electron chi connectivity index (χ3n) is 4.78. The summed E-state index contributed by atoms with van der Waals surface area (Å²) in [6.45, 7) is 11.0. The number of amides is 1. The van der Waals surface area contributed by atoms with Gasteiger partial charge in [0.2, 0.25) is 0 Å². The predicted octanol–water partition coefficient (Wildman–Crippen LogP) is 2.90. The summed E-state index contributed by atoms with van der Waals surface area (Å²) in [7, 11) is 0. The van der Waals surface area contributed by atoms with Crippen LogP contribution >= 0.6 is 0 Å². The zero-order valence-electron chi connectivity index (χ0n) is 15.4. The van der Waals surface area contributed by atoms with E-state index in [0.29, 0.717) is 18.1 Å². The van der Waals surface area contributed by atoms with Crippen LogP contribution in [0, 0.1) is 0 Å². The molecule has 0 radical (unpaired) electrons. The summed E-state index contributed by atoms with van der Waals surface area (Å²) in [5.41, 5.74) is -0.411. The van der Waals surface area contributed by atoms with E-state index in [0.717, 1.165) is 32.4 Å². The first-order valence-corrected chi connectivity index (χ1v) is 9.31. The third-order valence-corrected chi connectivity index (χ3v) is 4.78. The number of nitrogens with one attached hydrogen (secondary N) is 2. The van der Waals surface area contributed by atoms with Gasteiger partial charge >= 0.3 is 6.09 Å². The molecular formula is C18H35N3O2. The van der Waals surface area contributed by atoms with Crippen molar-refractivity contribution < 1.29 is 9.53 Å². The van der Waals surface area contributed by atoms with Gasteiger partial charge in [0.15, 0.2) is 0 Å². The predicted molar refractivity (Wildman–Crippen MR) is 93.7 cm³/mol. The van der Waals surface area contributed by atoms with Crippen molar-refractivity contribution in [1.82, 2.24) is 15.5 Å². The zero-order valence-corrected chi connectivity index (χ0v) is 15.4. The van der Waals surface area contributed by atoms with Crippen LogP contribution in [0.3, 0.4) is 0 Å². The minimum absolute atomic E-state index is 0.150. The minimum Gasteiger partial charge on any atom is -0.444 e. The van der Waals surface area contributed by atoms with Crippen molar-refractivity contribution in [3.8, 4) is 0 Å². The Balaban J connectivity index is 1.68. The Kier molecular flexibility index (Phi) is 6.72. The number of rotatable bonds is 6. The van der Waals surface area contributed by atoms with Crippen LogP contribution in [-0.4, -0.2) is 54.4 Å². The first kappa shape index (κ1) is 18.5. The summed E-state index contributed by atoms with van der Waals surface area (Å²) in [5.74, 6) is 0. The van der Waals surface area contributed by atoms with Crippen LogP contribution in [0.4, 0.5) is 4.79 Å². The smallest absolute Gasteiger partial charge is 0.410 e. The van der Waals surface area contributed by atoms with Gasteiger partial charge in [0.25, 0.3) is 0 Å². The Hall–Kier alpha value is -0.810. The molecule has 2 saturated heterocycles. The average Bonchev–Trinajstić information content (AvgIpc) is 3.07. The van der Waals surface area contributed by atoms with E-state index in [1.807, 2.05) is 25.7 Å². The van der Waals surface area contributed by atoms with Crippen LogP contribution in [-0.2, 0) is 4.74 Å². The van der Waals surface area contributed by atoms with Crippen molar-refractivity contribution in [3.63, 3.8) is 0 Å². The maximum Gasteiger partial charge on any atom is 0.410 e. The number of hydrogen-bond donors (Lipinski definition) is 2. The molecule has 23 heavy (non-hydrogen) atoms. The first-order valence-electron chi connectivity index (χ1n) is 9.31. The van der Waals surface area contributed by atoms with Crippen LogP contribution in [0.25, 0.3) is 0 Å². The molecule has 0 aromatic rings. The second-order valence-electron chi connectivity index (χ2n) is 8.14. The molecule has 134 valence electrons. The maximum absolute atomic E-state index is 12.3. The molecule has 0 bridgehead atoms. The molecule has 2 N–H and O–H groups in total. The fourth-order valence-electron chi connectivity index (χ4n) is 3.66. The molecule has 0 saturated carbocycles. The monoisotopic (exact) mass is 325 g/mol. The Morgan fingerprint density at radius 1 is 1.35 bits per heavy atom. The van der Waals surface area contributed by atoms with Crippen LogP contribution in [0.2, 0.25) is 0 Å². The highest BCUT2D eigenvalue weighted by molar-refractivity contribution is 5.68. The molecule has 3 unspecified atom stereocenters. The van der Waals surface area contributed by atoms with E-state index in [1.54, 1.807) is 0 Å². The summed E-state index contributed by atoms with van der Waals surface area (Å²) in [6.07, 6.45) is 6.86. The van der Waals surface area contributed by atoms with Crippen LogP contribution in [0.5, 0.6) is 0 Å². The highest BCUT2D eigenvalue weighted by Gasteiger charge is 2.31. The van der Waals surface area contributed by atoms with Crippen molar-refractivity contribution >= 4 is 6.09 Å². The molecule has 0 aromatic heterocycles. The van der Waals surface area contributed by atoms with E-state index in [2.05, 4.69) is 17.6 Å². The normalized spacial score (nSPS) is 26.5. The van der Waals surface area contributed by atoms with E-state index in [9.17, 15) is 4.79 Å². The molecule has 2 aliphatic heterocycles. The van der Waals surface area contributed by atoms with Gasteiger partial charge in [0.1, 0.15) is 5.60 Å². The molecule has 0 aliphatic carbocycles. The number of carbonyl (C=O) groups excluding carboxylic acids is 1. The molecular weight excluding hydrogens is 290 g/mol. The zero-order chi connectivity index (χ0) is 16.9. The molecule has 2 aliphatic rings. The minimum atomic E-state index is -0.411. The van der Waals surface area contributed by atoms with E-state index in [1.165, 1.54) is 25.8 Å². The van der Waals surface area contributed by atoms with Crippen LogP contribution in [0.15, 0.2) is 0 Å². The molecule has 0 aromatic carbocycles. The van der Waals surface area contributed by atoms with Gasteiger partial charge in [-0.2, -0.15) is 0 Å². The second kappa shape index (κ2) is 8.34. The second-order valence-corrected chi connectivity index (χ2v) is 8.14. The van der Waals surface area contributed by atoms with Crippen molar-refractivity contribution in [2.75, 3.05) is 19.6 Å². The fourth-order valence-corrected chi connectivity index (χ4v) is 3.66. The largest absolute Gasteiger partial charge is 0.444 e. The Morgan fingerprint density at radius 2 is 2.13 bits per heavy atom. The molecule has 0 spiro atoms. The van der Waals surface area contributed by atoms with Crippen LogP contribution in [0.1, 0.15) is 66.2 Å². The maximum atomic E-state index is 12.3. The van der Waals surface area contributed by atoms with E-state index in [4.69, 9.17) is 4.74 Å². The highest BCUT2D eigenvalue weighted by Crippen LogP contribution is 2.22. The number of carbonyl (C=O) groups is 1. The lowest BCUT2D eigenvalue weighted by atomic mass is 10.1. The third kappa shape index (κ3) is 6.30. The Morgan fingerprint density at radius 3 is 2.78 bits per heavy atom. The van der Waals surface area contributed by atoms with Gasteiger partial charge in [-0.1, -0.05) is 0 Å². The molecule has 3 atom stereocenters. The van der Waals surface area contributed by atoms with Crippen molar-refractivity contribution in [2.45, 2.75) is 89.9 Å². The standard InChI is InChI=1S/C18H35N3O2/c1-14(13-15-7-5-10-20-15)19-11-9-16-8-6-12-21(16)17(22)23-18(2,3)4/h14-16,19-20H,5-13H2,1-4H3. The van der Waals surface area contributed by atoms with E-state index < -0.39 is 5.60 Å². The number of ether oxygens (including phenoxy) is 1. The number of likely N-dealkylation sites (tertiary alicyclic amines) is 1. The Labute approximate surface area is 141 Å². The molecule has 5 nitrogen and oxygen atoms in total. The number of nitrogens with zero attached hydrogens (tertiary/aromatic N) is 1. The quantitative estimate of drug-likeness (QED) is 0.788. The van der Waals surface area contributed by atoms with Gasteiger partial charge in [-0.3, -0.25) is 0 Å². The molecule has 2 rings (SSSR count). The summed E-state index contributed by atoms with van der Waals surface area (Å²) in [4.78, 5) is 14.2. The van der Waals surface area contributed by atoms with Crippen molar-refractivity contribution in [2.24, 2.45) is 0 Å². The van der Waals surface area contributed by atoms with Crippen LogP contribution < -0.4 is 10.6 Å². The SMILES string of the molecule is CC(CC1CCCN1)NCCC1CCCN1C(=O)OC(C)(C)C. The van der Waals surface area contributed by atoms with Gasteiger partial charge in [-0.25, -0.2) is 4.79 Å². The molecule has 5 heteroatoms. The van der Waals surface area contributed by atoms with Crippen molar-refractivity contribution in [3.05, 3.63) is 0 Å². The lowest BCUT2D eigenvalue weighted by Gasteiger charge is -2.29. The van der Waals surface area contributed by atoms with E-state index >= 15 is 0 Å². The Bertz CT molecular complexity index is 375. The summed E-state index contributed by atoms with van der Waals surface area (Å²) >= 11 is 0. The summed E-state index contributed by atoms with van der Waals surface area (Å²) in [6, 6.07) is 1.54. The summed E-state index contributed by atoms with van der Waals surface area (Å²) in [5, 5.41) is 7.18. The first-order chi connectivity index (χ1) is 10.8. The molecule has 2 fully saturated rings. The average molecular weight is 325 g/mol. The fraction of sp³-hybridized carbons (Fsp3) is 0.944. The molecule has 1 amide bonds. The highest BCUT2D eigenvalue weighted by atomic mass is 16.6. The molecule has 2 heterocycles. The van der Waals surface area contributed by atoms with E-state index in [-0.39, 0.29) is 6.09 Å². The van der Waals surface area contributed by atoms with Gasteiger partial charge in [-0.15, -0.1) is 0 Å². The van der Waals surface area contributed by atoms with Gasteiger partial charge in [0, 0.05) is 24.7 Å². The van der Waals surface area contributed by atoms with Gasteiger partial charge < -0.3 is 20.3 Å². The van der Waals surface area contributed by atoms with Gasteiger partial charge in [-0.05, 0) is 79.3 Å². The lowest BCUT2D eigenvalue weighted by Crippen LogP contribution is -2.42. The van der Waals surface area contributed by atoms with Gasteiger partial charge in [0.05, 0.1) is 0 Å².